The number of benzene rings is 2. The molecule has 0 atom stereocenters. The molecule has 2 aromatic carbocycles. The van der Waals surface area contributed by atoms with E-state index in [1.165, 1.54) is 11.1 Å². The molecule has 150 valence electrons. The molecule has 0 radical (unpaired) electrons. The zero-order valence-electron chi connectivity index (χ0n) is 16.3. The van der Waals surface area contributed by atoms with Crippen molar-refractivity contribution >= 4 is 41.5 Å². The van der Waals surface area contributed by atoms with Gasteiger partial charge in [-0.1, -0.05) is 42.0 Å². The number of guanidine groups is 1. The number of nitrogens with one attached hydrogen (secondary N) is 2. The SMILES string of the molecule is CN=C(NCCCN1C(=O)COc2ccccc21)NCc1cccc(C)c1.I. The first-order chi connectivity index (χ1) is 13.2. The fourth-order valence-corrected chi connectivity index (χ4v) is 3.07. The largest absolute Gasteiger partial charge is 0.482 e. The number of ether oxygens (including phenoxy) is 1. The standard InChI is InChI=1S/C21H26N4O2.HI/c1-16-7-5-8-17(13-16)14-24-21(22-2)23-11-6-12-25-18-9-3-4-10-19(18)27-15-20(25)26;/h3-5,7-10,13H,6,11-12,14-15H2,1-2H3,(H2,22,23,24);1H. The number of para-hydroxylation sites is 2. The van der Waals surface area contributed by atoms with E-state index in [2.05, 4.69) is 46.8 Å². The van der Waals surface area contributed by atoms with Gasteiger partial charge in [0.25, 0.3) is 5.91 Å². The van der Waals surface area contributed by atoms with Gasteiger partial charge in [-0.15, -0.1) is 24.0 Å². The van der Waals surface area contributed by atoms with Gasteiger partial charge >= 0.3 is 0 Å². The Hall–Kier alpha value is -2.29. The maximum Gasteiger partial charge on any atom is 0.265 e. The molecule has 2 aromatic rings. The quantitative estimate of drug-likeness (QED) is 0.281. The highest BCUT2D eigenvalue weighted by molar-refractivity contribution is 14.0. The van der Waals surface area contributed by atoms with Gasteiger partial charge < -0.3 is 20.3 Å². The van der Waals surface area contributed by atoms with Crippen LogP contribution in [0.2, 0.25) is 0 Å². The van der Waals surface area contributed by atoms with Crippen molar-refractivity contribution in [3.05, 3.63) is 59.7 Å². The highest BCUT2D eigenvalue weighted by atomic mass is 127. The van der Waals surface area contributed by atoms with Gasteiger partial charge in [-0.25, -0.2) is 0 Å². The summed E-state index contributed by atoms with van der Waals surface area (Å²) < 4.78 is 5.47. The van der Waals surface area contributed by atoms with Gasteiger partial charge in [-0.3, -0.25) is 9.79 Å². The van der Waals surface area contributed by atoms with E-state index in [4.69, 9.17) is 4.74 Å². The number of nitrogens with zero attached hydrogens (tertiary/aromatic N) is 2. The number of aryl methyl sites for hydroxylation is 1. The molecule has 6 nitrogen and oxygen atoms in total. The topological polar surface area (TPSA) is 66.0 Å². The number of anilines is 1. The Labute approximate surface area is 183 Å². The van der Waals surface area contributed by atoms with E-state index in [1.54, 1.807) is 11.9 Å². The number of hydrogen-bond donors (Lipinski definition) is 2. The van der Waals surface area contributed by atoms with Crippen molar-refractivity contribution in [1.29, 1.82) is 0 Å². The van der Waals surface area contributed by atoms with E-state index in [0.717, 1.165) is 36.9 Å². The van der Waals surface area contributed by atoms with Crippen molar-refractivity contribution in [3.63, 3.8) is 0 Å². The number of carbonyl (C=O) groups is 1. The number of fused-ring (bicyclic) bond motifs is 1. The molecule has 0 bridgehead atoms. The number of rotatable bonds is 6. The zero-order valence-corrected chi connectivity index (χ0v) is 18.6. The molecule has 28 heavy (non-hydrogen) atoms. The maximum atomic E-state index is 12.2. The van der Waals surface area contributed by atoms with Crippen LogP contribution in [-0.4, -0.2) is 38.6 Å². The first-order valence-corrected chi connectivity index (χ1v) is 9.19. The summed E-state index contributed by atoms with van der Waals surface area (Å²) in [6.07, 6.45) is 0.811. The van der Waals surface area contributed by atoms with E-state index < -0.39 is 0 Å². The molecule has 0 spiro atoms. The molecular formula is C21H27IN4O2. The predicted octanol–water partition coefficient (Wildman–Crippen LogP) is 3.09. The minimum Gasteiger partial charge on any atom is -0.482 e. The monoisotopic (exact) mass is 494 g/mol. The minimum atomic E-state index is -0.00402. The second-order valence-corrected chi connectivity index (χ2v) is 6.50. The first-order valence-electron chi connectivity index (χ1n) is 9.19. The molecule has 1 aliphatic heterocycles. The summed E-state index contributed by atoms with van der Waals surface area (Å²) in [6, 6.07) is 16.0. The molecule has 1 amide bonds. The van der Waals surface area contributed by atoms with Gasteiger partial charge in [0.05, 0.1) is 5.69 Å². The number of amides is 1. The van der Waals surface area contributed by atoms with Crippen LogP contribution in [0.15, 0.2) is 53.5 Å². The van der Waals surface area contributed by atoms with Crippen LogP contribution in [0.25, 0.3) is 0 Å². The lowest BCUT2D eigenvalue weighted by Gasteiger charge is -2.29. The first kappa shape index (κ1) is 22.0. The van der Waals surface area contributed by atoms with Crippen LogP contribution in [0.3, 0.4) is 0 Å². The van der Waals surface area contributed by atoms with Gasteiger partial charge in [0, 0.05) is 26.7 Å². The third-order valence-electron chi connectivity index (χ3n) is 4.43. The molecule has 0 unspecified atom stereocenters. The number of hydrogen-bond acceptors (Lipinski definition) is 3. The summed E-state index contributed by atoms with van der Waals surface area (Å²) in [5, 5.41) is 6.62. The van der Waals surface area contributed by atoms with Crippen molar-refractivity contribution in [3.8, 4) is 5.75 Å². The molecule has 2 N–H and O–H groups in total. The zero-order chi connectivity index (χ0) is 19.1. The van der Waals surface area contributed by atoms with Crippen LogP contribution in [0, 0.1) is 6.92 Å². The van der Waals surface area contributed by atoms with Crippen LogP contribution < -0.4 is 20.3 Å². The molecular weight excluding hydrogens is 467 g/mol. The second kappa shape index (κ2) is 10.9. The maximum absolute atomic E-state index is 12.2. The van der Waals surface area contributed by atoms with Gasteiger partial charge in [0.2, 0.25) is 0 Å². The summed E-state index contributed by atoms with van der Waals surface area (Å²) in [6.45, 7) is 4.27. The Kier molecular flexibility index (Phi) is 8.56. The fourth-order valence-electron chi connectivity index (χ4n) is 3.07. The van der Waals surface area contributed by atoms with Gasteiger partial charge in [0.15, 0.2) is 12.6 Å². The normalized spacial score (nSPS) is 13.3. The van der Waals surface area contributed by atoms with E-state index in [9.17, 15) is 4.79 Å². The van der Waals surface area contributed by atoms with Crippen LogP contribution >= 0.6 is 24.0 Å². The molecule has 0 aliphatic carbocycles. The number of carbonyl (C=O) groups excluding carboxylic acids is 1. The lowest BCUT2D eigenvalue weighted by molar-refractivity contribution is -0.121. The molecule has 7 heteroatoms. The Balaban J connectivity index is 0.00000280. The third kappa shape index (κ3) is 5.85. The average Bonchev–Trinajstić information content (AvgIpc) is 2.69. The molecule has 1 heterocycles. The third-order valence-corrected chi connectivity index (χ3v) is 4.43. The van der Waals surface area contributed by atoms with Crippen LogP contribution in [-0.2, 0) is 11.3 Å². The number of aliphatic imine (C=N–C) groups is 1. The van der Waals surface area contributed by atoms with Crippen LogP contribution in [0.4, 0.5) is 5.69 Å². The molecule has 0 fully saturated rings. The minimum absolute atomic E-state index is 0. The lowest BCUT2D eigenvalue weighted by atomic mass is 10.1. The van der Waals surface area contributed by atoms with E-state index in [-0.39, 0.29) is 36.5 Å². The van der Waals surface area contributed by atoms with Crippen molar-refractivity contribution in [2.24, 2.45) is 4.99 Å². The Morgan fingerprint density at radius 1 is 1.18 bits per heavy atom. The van der Waals surface area contributed by atoms with Crippen LogP contribution in [0.1, 0.15) is 17.5 Å². The number of halogens is 1. The smallest absolute Gasteiger partial charge is 0.265 e. The summed E-state index contributed by atoms with van der Waals surface area (Å²) in [7, 11) is 1.76. The van der Waals surface area contributed by atoms with E-state index >= 15 is 0 Å². The molecule has 0 saturated carbocycles. The predicted molar refractivity (Wildman–Crippen MR) is 124 cm³/mol. The Bertz CT molecular complexity index is 826. The molecule has 1 aliphatic rings. The summed E-state index contributed by atoms with van der Waals surface area (Å²) in [5.41, 5.74) is 3.30. The van der Waals surface area contributed by atoms with Crippen molar-refractivity contribution in [1.82, 2.24) is 10.6 Å². The van der Waals surface area contributed by atoms with E-state index in [0.29, 0.717) is 6.54 Å². The second-order valence-electron chi connectivity index (χ2n) is 6.50. The van der Waals surface area contributed by atoms with Crippen molar-refractivity contribution in [2.45, 2.75) is 19.9 Å². The molecule has 0 aromatic heterocycles. The van der Waals surface area contributed by atoms with Crippen molar-refractivity contribution < 1.29 is 9.53 Å². The van der Waals surface area contributed by atoms with Gasteiger partial charge in [-0.05, 0) is 31.0 Å². The van der Waals surface area contributed by atoms with Crippen molar-refractivity contribution in [2.75, 3.05) is 31.6 Å². The van der Waals surface area contributed by atoms with Crippen LogP contribution in [0.5, 0.6) is 5.75 Å². The molecule has 3 rings (SSSR count). The average molecular weight is 494 g/mol. The Morgan fingerprint density at radius 3 is 2.79 bits per heavy atom. The molecule has 0 saturated heterocycles. The summed E-state index contributed by atoms with van der Waals surface area (Å²) in [4.78, 5) is 18.2. The van der Waals surface area contributed by atoms with Gasteiger partial charge in [-0.2, -0.15) is 0 Å². The summed E-state index contributed by atoms with van der Waals surface area (Å²) in [5.74, 6) is 1.52. The summed E-state index contributed by atoms with van der Waals surface area (Å²) >= 11 is 0. The van der Waals surface area contributed by atoms with Gasteiger partial charge in [0.1, 0.15) is 5.75 Å². The Morgan fingerprint density at radius 2 is 2.00 bits per heavy atom. The lowest BCUT2D eigenvalue weighted by Crippen LogP contribution is -2.41. The highest BCUT2D eigenvalue weighted by Crippen LogP contribution is 2.31. The van der Waals surface area contributed by atoms with E-state index in [1.807, 2.05) is 24.3 Å². The fraction of sp³-hybridized carbons (Fsp3) is 0.333. The highest BCUT2D eigenvalue weighted by Gasteiger charge is 2.24.